The molecular weight excluding hydrogens is 213 g/mol. The molecule has 1 aromatic rings. The third-order valence-corrected chi connectivity index (χ3v) is 1.85. The second kappa shape index (κ2) is 6.92. The van der Waals surface area contributed by atoms with Gasteiger partial charge in [0.1, 0.15) is 5.82 Å². The Hall–Kier alpha value is -1.46. The van der Waals surface area contributed by atoms with Gasteiger partial charge < -0.3 is 4.74 Å². The monoisotopic (exact) mass is 227 g/mol. The number of nitrogens with one attached hydrogen (secondary N) is 1. The highest BCUT2D eigenvalue weighted by atomic mass is 19.1. The van der Waals surface area contributed by atoms with E-state index in [4.69, 9.17) is 9.57 Å². The van der Waals surface area contributed by atoms with Gasteiger partial charge in [-0.2, -0.15) is 0 Å². The van der Waals surface area contributed by atoms with E-state index in [0.29, 0.717) is 13.2 Å². The summed E-state index contributed by atoms with van der Waals surface area (Å²) in [5.74, 6) is -0.594. The summed E-state index contributed by atoms with van der Waals surface area (Å²) in [6.07, 6.45) is 0.160. The minimum atomic E-state index is -0.319. The molecule has 16 heavy (non-hydrogen) atoms. The lowest BCUT2D eigenvalue weighted by molar-refractivity contribution is -0.133. The van der Waals surface area contributed by atoms with E-state index in [1.165, 1.54) is 12.1 Å². The highest BCUT2D eigenvalue weighted by molar-refractivity contribution is 5.77. The first-order valence-corrected chi connectivity index (χ1v) is 4.86. The van der Waals surface area contributed by atoms with E-state index in [1.807, 2.05) is 0 Å². The summed E-state index contributed by atoms with van der Waals surface area (Å²) in [5.41, 5.74) is 3.00. The molecule has 0 heterocycles. The smallest absolute Gasteiger partial charge is 0.247 e. The maximum absolute atomic E-state index is 12.6. The number of hydrogen-bond acceptors (Lipinski definition) is 3. The Kier molecular flexibility index (Phi) is 5.45. The van der Waals surface area contributed by atoms with Crippen LogP contribution < -0.4 is 5.48 Å². The summed E-state index contributed by atoms with van der Waals surface area (Å²) < 4.78 is 17.3. The summed E-state index contributed by atoms with van der Waals surface area (Å²) in [6.45, 7) is 0.711. The molecule has 0 fully saturated rings. The van der Waals surface area contributed by atoms with Gasteiger partial charge in [-0.05, 0) is 17.7 Å². The third-order valence-electron chi connectivity index (χ3n) is 1.85. The molecule has 1 rings (SSSR count). The van der Waals surface area contributed by atoms with Crippen molar-refractivity contribution >= 4 is 5.91 Å². The lowest BCUT2D eigenvalue weighted by atomic mass is 10.1. The van der Waals surface area contributed by atoms with Crippen molar-refractivity contribution in [1.82, 2.24) is 5.48 Å². The van der Waals surface area contributed by atoms with Crippen LogP contribution in [0.3, 0.4) is 0 Å². The van der Waals surface area contributed by atoms with Gasteiger partial charge in [-0.3, -0.25) is 9.63 Å². The van der Waals surface area contributed by atoms with E-state index >= 15 is 0 Å². The molecule has 0 radical (unpaired) electrons. The zero-order valence-electron chi connectivity index (χ0n) is 9.03. The molecule has 0 aromatic heterocycles. The van der Waals surface area contributed by atoms with E-state index in [9.17, 15) is 9.18 Å². The average molecular weight is 227 g/mol. The Balaban J connectivity index is 2.26. The van der Waals surface area contributed by atoms with Crippen molar-refractivity contribution in [2.45, 2.75) is 6.42 Å². The van der Waals surface area contributed by atoms with E-state index in [1.54, 1.807) is 19.2 Å². The van der Waals surface area contributed by atoms with Crippen LogP contribution in [0.15, 0.2) is 24.3 Å². The minimum absolute atomic E-state index is 0.160. The fourth-order valence-electron chi connectivity index (χ4n) is 1.08. The van der Waals surface area contributed by atoms with Gasteiger partial charge in [0, 0.05) is 7.11 Å². The number of methoxy groups -OCH3 is 1. The molecule has 0 unspecified atom stereocenters. The zero-order valence-corrected chi connectivity index (χ0v) is 9.03. The topological polar surface area (TPSA) is 47.6 Å². The molecule has 0 saturated heterocycles. The molecule has 0 spiro atoms. The first-order chi connectivity index (χ1) is 7.72. The molecule has 0 atom stereocenters. The fraction of sp³-hybridized carbons (Fsp3) is 0.364. The maximum atomic E-state index is 12.6. The molecule has 0 bridgehead atoms. The lowest BCUT2D eigenvalue weighted by Gasteiger charge is -2.05. The lowest BCUT2D eigenvalue weighted by Crippen LogP contribution is -2.26. The quantitative estimate of drug-likeness (QED) is 0.584. The van der Waals surface area contributed by atoms with Crippen LogP contribution in [-0.2, 0) is 20.8 Å². The number of amides is 1. The van der Waals surface area contributed by atoms with Crippen molar-refractivity contribution in [3.63, 3.8) is 0 Å². The molecule has 4 nitrogen and oxygen atoms in total. The summed E-state index contributed by atoms with van der Waals surface area (Å²) in [5, 5.41) is 0. The number of hydroxylamine groups is 1. The van der Waals surface area contributed by atoms with Gasteiger partial charge in [0.15, 0.2) is 0 Å². The van der Waals surface area contributed by atoms with E-state index in [0.717, 1.165) is 5.56 Å². The van der Waals surface area contributed by atoms with Gasteiger partial charge in [0.25, 0.3) is 0 Å². The summed E-state index contributed by atoms with van der Waals surface area (Å²) in [7, 11) is 1.55. The SMILES string of the molecule is COCCONC(=O)Cc1ccc(F)cc1. The van der Waals surface area contributed by atoms with Gasteiger partial charge in [-0.25, -0.2) is 9.87 Å². The van der Waals surface area contributed by atoms with Crippen LogP contribution >= 0.6 is 0 Å². The van der Waals surface area contributed by atoms with Crippen LogP contribution in [0.2, 0.25) is 0 Å². The predicted octanol–water partition coefficient (Wildman–Crippen LogP) is 1.06. The molecule has 88 valence electrons. The van der Waals surface area contributed by atoms with Crippen molar-refractivity contribution in [2.75, 3.05) is 20.3 Å². The first-order valence-electron chi connectivity index (χ1n) is 4.86. The van der Waals surface area contributed by atoms with Gasteiger partial charge in [0.2, 0.25) is 5.91 Å². The summed E-state index contributed by atoms with van der Waals surface area (Å²) in [6, 6.07) is 5.75. The zero-order chi connectivity index (χ0) is 11.8. The fourth-order valence-corrected chi connectivity index (χ4v) is 1.08. The van der Waals surface area contributed by atoms with Gasteiger partial charge in [0.05, 0.1) is 19.6 Å². The second-order valence-corrected chi connectivity index (χ2v) is 3.17. The van der Waals surface area contributed by atoms with Gasteiger partial charge >= 0.3 is 0 Å². The Morgan fingerprint density at radius 1 is 1.31 bits per heavy atom. The third kappa shape index (κ3) is 4.86. The minimum Gasteiger partial charge on any atom is -0.382 e. The van der Waals surface area contributed by atoms with Crippen LogP contribution in [0.5, 0.6) is 0 Å². The van der Waals surface area contributed by atoms with Crippen LogP contribution in [0, 0.1) is 5.82 Å². The standard InChI is InChI=1S/C11H14FNO3/c1-15-6-7-16-13-11(14)8-9-2-4-10(12)5-3-9/h2-5H,6-8H2,1H3,(H,13,14). The maximum Gasteiger partial charge on any atom is 0.247 e. The number of carbonyl (C=O) groups excluding carboxylic acids is 1. The Morgan fingerprint density at radius 3 is 2.62 bits per heavy atom. The van der Waals surface area contributed by atoms with Crippen molar-refractivity contribution < 1.29 is 18.8 Å². The normalized spacial score (nSPS) is 10.1. The average Bonchev–Trinajstić information content (AvgIpc) is 2.28. The van der Waals surface area contributed by atoms with Crippen LogP contribution in [-0.4, -0.2) is 26.2 Å². The predicted molar refractivity (Wildman–Crippen MR) is 56.1 cm³/mol. The Morgan fingerprint density at radius 2 is 2.00 bits per heavy atom. The molecule has 1 amide bonds. The van der Waals surface area contributed by atoms with Crippen LogP contribution in [0.4, 0.5) is 4.39 Å². The largest absolute Gasteiger partial charge is 0.382 e. The second-order valence-electron chi connectivity index (χ2n) is 3.17. The van der Waals surface area contributed by atoms with E-state index in [2.05, 4.69) is 5.48 Å². The highest BCUT2D eigenvalue weighted by Gasteiger charge is 2.03. The van der Waals surface area contributed by atoms with Crippen molar-refractivity contribution in [3.05, 3.63) is 35.6 Å². The van der Waals surface area contributed by atoms with Crippen molar-refractivity contribution in [2.24, 2.45) is 0 Å². The molecule has 0 aliphatic heterocycles. The number of halogens is 1. The van der Waals surface area contributed by atoms with Crippen molar-refractivity contribution in [3.8, 4) is 0 Å². The number of hydrogen-bond donors (Lipinski definition) is 1. The Labute approximate surface area is 93.3 Å². The molecule has 1 N–H and O–H groups in total. The van der Waals surface area contributed by atoms with Gasteiger partial charge in [-0.15, -0.1) is 0 Å². The molecular formula is C11H14FNO3. The summed E-state index contributed by atoms with van der Waals surface area (Å²) >= 11 is 0. The molecule has 0 aliphatic rings. The number of ether oxygens (including phenoxy) is 1. The van der Waals surface area contributed by atoms with Gasteiger partial charge in [-0.1, -0.05) is 12.1 Å². The first kappa shape index (κ1) is 12.6. The molecule has 1 aromatic carbocycles. The van der Waals surface area contributed by atoms with Crippen molar-refractivity contribution in [1.29, 1.82) is 0 Å². The van der Waals surface area contributed by atoms with Crippen LogP contribution in [0.1, 0.15) is 5.56 Å². The molecule has 0 saturated carbocycles. The highest BCUT2D eigenvalue weighted by Crippen LogP contribution is 2.03. The van der Waals surface area contributed by atoms with Crippen LogP contribution in [0.25, 0.3) is 0 Å². The summed E-state index contributed by atoms with van der Waals surface area (Å²) in [4.78, 5) is 16.1. The molecule has 0 aliphatic carbocycles. The Bertz CT molecular complexity index is 327. The number of benzene rings is 1. The van der Waals surface area contributed by atoms with E-state index < -0.39 is 0 Å². The number of carbonyl (C=O) groups is 1. The van der Waals surface area contributed by atoms with E-state index in [-0.39, 0.29) is 18.1 Å². The molecule has 5 heteroatoms. The number of rotatable bonds is 6.